The normalized spacial score (nSPS) is 27.8. The van der Waals surface area contributed by atoms with Crippen molar-refractivity contribution in [3.63, 3.8) is 0 Å². The van der Waals surface area contributed by atoms with Crippen molar-refractivity contribution in [3.05, 3.63) is 17.2 Å². The van der Waals surface area contributed by atoms with Crippen LogP contribution in [0.4, 0.5) is 0 Å². The summed E-state index contributed by atoms with van der Waals surface area (Å²) in [4.78, 5) is 8.43. The van der Waals surface area contributed by atoms with E-state index >= 15 is 0 Å². The molecule has 94 valence electrons. The molecule has 1 aromatic rings. The maximum Gasteiger partial charge on any atom is 0.112 e. The minimum atomic E-state index is 0.163. The first-order valence-electron chi connectivity index (χ1n) is 7.04. The van der Waals surface area contributed by atoms with Crippen LogP contribution >= 0.6 is 0 Å². The van der Waals surface area contributed by atoms with Crippen molar-refractivity contribution >= 4 is 0 Å². The van der Waals surface area contributed by atoms with Gasteiger partial charge in [0.25, 0.3) is 0 Å². The minimum absolute atomic E-state index is 0.163. The van der Waals surface area contributed by atoms with Crippen LogP contribution in [0.15, 0.2) is 0 Å². The van der Waals surface area contributed by atoms with Gasteiger partial charge >= 0.3 is 0 Å². The number of aromatic amines is 1. The second-order valence-corrected chi connectivity index (χ2v) is 6.07. The Balaban J connectivity index is 1.93. The van der Waals surface area contributed by atoms with Crippen molar-refractivity contribution < 1.29 is 0 Å². The first kappa shape index (κ1) is 11.3. The summed E-state index contributed by atoms with van der Waals surface area (Å²) in [6.07, 6.45) is 10.0. The van der Waals surface area contributed by atoms with E-state index < -0.39 is 0 Å². The van der Waals surface area contributed by atoms with E-state index in [1.54, 1.807) is 0 Å². The lowest BCUT2D eigenvalue weighted by Gasteiger charge is -2.31. The Morgan fingerprint density at radius 3 is 2.71 bits per heavy atom. The lowest BCUT2D eigenvalue weighted by molar-refractivity contribution is 0.305. The van der Waals surface area contributed by atoms with Crippen LogP contribution in [0.3, 0.4) is 0 Å². The molecule has 1 heterocycles. The molecule has 2 aliphatic carbocycles. The van der Waals surface area contributed by atoms with E-state index in [-0.39, 0.29) is 11.5 Å². The molecule has 1 saturated carbocycles. The van der Waals surface area contributed by atoms with Crippen LogP contribution in [0.5, 0.6) is 0 Å². The van der Waals surface area contributed by atoms with Crippen molar-refractivity contribution in [2.75, 3.05) is 0 Å². The fourth-order valence-electron chi connectivity index (χ4n) is 3.41. The Morgan fingerprint density at radius 1 is 1.24 bits per heavy atom. The molecule has 3 heteroatoms. The Kier molecular flexibility index (Phi) is 2.74. The molecule has 3 rings (SSSR count). The summed E-state index contributed by atoms with van der Waals surface area (Å²) in [5, 5.41) is 0. The van der Waals surface area contributed by atoms with Crippen molar-refractivity contribution in [3.8, 4) is 0 Å². The highest BCUT2D eigenvalue weighted by Gasteiger charge is 2.33. The molecule has 0 radical (unpaired) electrons. The quantitative estimate of drug-likeness (QED) is 0.783. The fourth-order valence-corrected chi connectivity index (χ4v) is 3.41. The maximum atomic E-state index is 6.15. The zero-order valence-electron chi connectivity index (χ0n) is 10.8. The van der Waals surface area contributed by atoms with Crippen molar-refractivity contribution in [1.29, 1.82) is 0 Å². The second-order valence-electron chi connectivity index (χ2n) is 6.07. The van der Waals surface area contributed by atoms with Gasteiger partial charge in [0.2, 0.25) is 0 Å². The number of rotatable bonds is 1. The fraction of sp³-hybridized carbons (Fsp3) is 0.786. The number of hydrogen-bond donors (Lipinski definition) is 2. The topological polar surface area (TPSA) is 54.7 Å². The van der Waals surface area contributed by atoms with Crippen LogP contribution in [0, 0.1) is 0 Å². The van der Waals surface area contributed by atoms with Gasteiger partial charge in [-0.15, -0.1) is 0 Å². The smallest absolute Gasteiger partial charge is 0.112 e. The third-order valence-electron chi connectivity index (χ3n) is 4.63. The third-order valence-corrected chi connectivity index (χ3v) is 4.63. The van der Waals surface area contributed by atoms with Crippen LogP contribution in [-0.2, 0) is 11.8 Å². The summed E-state index contributed by atoms with van der Waals surface area (Å²) in [5.41, 5.74) is 8.88. The average Bonchev–Trinajstić information content (AvgIpc) is 2.76. The molecule has 0 saturated heterocycles. The van der Waals surface area contributed by atoms with Crippen LogP contribution in [0.1, 0.15) is 75.1 Å². The monoisotopic (exact) mass is 233 g/mol. The molecule has 1 fully saturated rings. The summed E-state index contributed by atoms with van der Waals surface area (Å²) in [6.45, 7) is 2.36. The lowest BCUT2D eigenvalue weighted by atomic mass is 9.75. The molecule has 0 aromatic carbocycles. The second kappa shape index (κ2) is 4.13. The Hall–Kier alpha value is -0.830. The van der Waals surface area contributed by atoms with Gasteiger partial charge in [-0.05, 0) is 32.1 Å². The zero-order valence-corrected chi connectivity index (χ0v) is 10.8. The highest BCUT2D eigenvalue weighted by molar-refractivity contribution is 5.24. The van der Waals surface area contributed by atoms with Crippen molar-refractivity contribution in [1.82, 2.24) is 9.97 Å². The molecule has 0 aliphatic heterocycles. The minimum Gasteiger partial charge on any atom is -0.345 e. The SMILES string of the molecule is CC1(c2nc3c([nH]2)CCCC3N)CCCCC1. The van der Waals surface area contributed by atoms with Crippen molar-refractivity contribution in [2.45, 2.75) is 69.7 Å². The van der Waals surface area contributed by atoms with E-state index in [4.69, 9.17) is 10.7 Å². The number of H-pyrrole nitrogens is 1. The van der Waals surface area contributed by atoms with Crippen LogP contribution < -0.4 is 5.73 Å². The Morgan fingerprint density at radius 2 is 2.00 bits per heavy atom. The molecule has 0 spiro atoms. The standard InChI is InChI=1S/C14H23N3/c1-14(8-3-2-4-9-14)13-16-11-7-5-6-10(15)12(11)17-13/h10H,2-9,15H2,1H3,(H,16,17). The van der Waals surface area contributed by atoms with Gasteiger partial charge in [0, 0.05) is 17.2 Å². The van der Waals surface area contributed by atoms with Crippen LogP contribution in [-0.4, -0.2) is 9.97 Å². The van der Waals surface area contributed by atoms with Gasteiger partial charge in [0.05, 0.1) is 5.69 Å². The Bertz CT molecular complexity index is 402. The molecule has 1 atom stereocenters. The van der Waals surface area contributed by atoms with Crippen LogP contribution in [0.2, 0.25) is 0 Å². The lowest BCUT2D eigenvalue weighted by Crippen LogP contribution is -2.26. The van der Waals surface area contributed by atoms with Crippen LogP contribution in [0.25, 0.3) is 0 Å². The first-order valence-corrected chi connectivity index (χ1v) is 7.04. The van der Waals surface area contributed by atoms with E-state index in [9.17, 15) is 0 Å². The molecule has 17 heavy (non-hydrogen) atoms. The highest BCUT2D eigenvalue weighted by Crippen LogP contribution is 2.39. The van der Waals surface area contributed by atoms with Gasteiger partial charge in [-0.2, -0.15) is 0 Å². The molecular formula is C14H23N3. The number of nitrogens with one attached hydrogen (secondary N) is 1. The summed E-state index contributed by atoms with van der Waals surface area (Å²) in [6, 6.07) is 0.163. The molecule has 0 amide bonds. The van der Waals surface area contributed by atoms with E-state index in [0.29, 0.717) is 0 Å². The summed E-state index contributed by atoms with van der Waals surface area (Å²) in [7, 11) is 0. The third kappa shape index (κ3) is 1.90. The number of aromatic nitrogens is 2. The summed E-state index contributed by atoms with van der Waals surface area (Å²) < 4.78 is 0. The van der Waals surface area contributed by atoms with E-state index in [1.807, 2.05) is 0 Å². The van der Waals surface area contributed by atoms with Gasteiger partial charge in [-0.3, -0.25) is 0 Å². The molecule has 3 N–H and O–H groups in total. The number of nitrogens with zero attached hydrogens (tertiary/aromatic N) is 1. The van der Waals surface area contributed by atoms with Gasteiger partial charge in [0.1, 0.15) is 5.82 Å². The predicted octanol–water partition coefficient (Wildman–Crippen LogP) is 2.97. The number of hydrogen-bond acceptors (Lipinski definition) is 2. The van der Waals surface area contributed by atoms with Gasteiger partial charge < -0.3 is 10.7 Å². The molecule has 1 unspecified atom stereocenters. The number of nitrogens with two attached hydrogens (primary N) is 1. The maximum absolute atomic E-state index is 6.15. The molecule has 0 bridgehead atoms. The van der Waals surface area contributed by atoms with Gasteiger partial charge in [-0.25, -0.2) is 4.98 Å². The predicted molar refractivity (Wildman–Crippen MR) is 68.9 cm³/mol. The number of imidazole rings is 1. The summed E-state index contributed by atoms with van der Waals surface area (Å²) in [5.74, 6) is 1.21. The van der Waals surface area contributed by atoms with E-state index in [1.165, 1.54) is 50.0 Å². The van der Waals surface area contributed by atoms with E-state index in [2.05, 4.69) is 11.9 Å². The molecule has 2 aliphatic rings. The highest BCUT2D eigenvalue weighted by atomic mass is 15.0. The first-order chi connectivity index (χ1) is 8.19. The largest absolute Gasteiger partial charge is 0.345 e. The molecule has 1 aromatic heterocycles. The molecule has 3 nitrogen and oxygen atoms in total. The molecular weight excluding hydrogens is 210 g/mol. The summed E-state index contributed by atoms with van der Waals surface area (Å²) >= 11 is 0. The average molecular weight is 233 g/mol. The number of aryl methyl sites for hydroxylation is 1. The zero-order chi connectivity index (χ0) is 11.9. The number of fused-ring (bicyclic) bond motifs is 1. The van der Waals surface area contributed by atoms with E-state index in [0.717, 1.165) is 18.5 Å². The van der Waals surface area contributed by atoms with Crippen molar-refractivity contribution in [2.24, 2.45) is 5.73 Å². The Labute approximate surface area is 103 Å². The van der Waals surface area contributed by atoms with Gasteiger partial charge in [0.15, 0.2) is 0 Å². The van der Waals surface area contributed by atoms with Gasteiger partial charge in [-0.1, -0.05) is 26.2 Å².